The number of nitrogens with zero attached hydrogens (tertiary/aromatic N) is 1. The Morgan fingerprint density at radius 2 is 2.38 bits per heavy atom. The van der Waals surface area contributed by atoms with Gasteiger partial charge in [0.2, 0.25) is 0 Å². The van der Waals surface area contributed by atoms with E-state index in [0.29, 0.717) is 12.1 Å². The second kappa shape index (κ2) is 3.81. The van der Waals surface area contributed by atoms with Crippen LogP contribution in [0.1, 0.15) is 23.8 Å². The van der Waals surface area contributed by atoms with E-state index in [-0.39, 0.29) is 17.4 Å². The summed E-state index contributed by atoms with van der Waals surface area (Å²) in [5.41, 5.74) is 1.26. The van der Waals surface area contributed by atoms with Crippen molar-refractivity contribution in [1.82, 2.24) is 10.3 Å². The first kappa shape index (κ1) is 11.5. The number of rotatable bonds is 2. The van der Waals surface area contributed by atoms with Crippen LogP contribution in [0, 0.1) is 0 Å². The first-order valence-corrected chi connectivity index (χ1v) is 7.58. The Labute approximate surface area is 97.8 Å². The van der Waals surface area contributed by atoms with Gasteiger partial charge in [-0.05, 0) is 13.3 Å². The van der Waals surface area contributed by atoms with Crippen molar-refractivity contribution in [3.05, 3.63) is 16.6 Å². The molecule has 0 aromatic carbocycles. The van der Waals surface area contributed by atoms with Crippen LogP contribution in [-0.2, 0) is 9.84 Å². The molecule has 7 heteroatoms. The second-order valence-corrected chi connectivity index (χ2v) is 7.13. The third-order valence-electron chi connectivity index (χ3n) is 2.58. The molecule has 0 unspecified atom stereocenters. The second-order valence-electron chi connectivity index (χ2n) is 4.23. The number of thiazole rings is 1. The first-order chi connectivity index (χ1) is 7.40. The number of hydrogen-bond donors (Lipinski definition) is 1. The maximum absolute atomic E-state index is 11.7. The van der Waals surface area contributed by atoms with Gasteiger partial charge in [-0.1, -0.05) is 0 Å². The van der Waals surface area contributed by atoms with Gasteiger partial charge in [0.05, 0.1) is 22.6 Å². The molecule has 0 bridgehead atoms. The van der Waals surface area contributed by atoms with Crippen molar-refractivity contribution in [3.8, 4) is 0 Å². The fourth-order valence-electron chi connectivity index (χ4n) is 1.77. The molecule has 5 nitrogen and oxygen atoms in total. The summed E-state index contributed by atoms with van der Waals surface area (Å²) in [7, 11) is -3.00. The fourth-order valence-corrected chi connectivity index (χ4v) is 4.40. The molecule has 0 spiro atoms. The summed E-state index contributed by atoms with van der Waals surface area (Å²) >= 11 is 1.33. The molecule has 1 saturated heterocycles. The number of sulfone groups is 1. The van der Waals surface area contributed by atoms with E-state index in [4.69, 9.17) is 0 Å². The monoisotopic (exact) mass is 260 g/mol. The number of hydrogen-bond acceptors (Lipinski definition) is 5. The lowest BCUT2D eigenvalue weighted by Gasteiger charge is -2.23. The van der Waals surface area contributed by atoms with Crippen LogP contribution in [0.3, 0.4) is 0 Å². The van der Waals surface area contributed by atoms with Crippen LogP contribution in [0.5, 0.6) is 0 Å². The molecule has 2 heterocycles. The molecular weight excluding hydrogens is 248 g/mol. The summed E-state index contributed by atoms with van der Waals surface area (Å²) in [6.45, 7) is 1.75. The van der Waals surface area contributed by atoms with Crippen LogP contribution in [0.25, 0.3) is 0 Å². The normalized spacial score (nSPS) is 27.8. The van der Waals surface area contributed by atoms with Crippen LogP contribution in [-0.4, -0.2) is 36.4 Å². The molecule has 0 aliphatic carbocycles. The van der Waals surface area contributed by atoms with Crippen LogP contribution in [0.15, 0.2) is 10.9 Å². The summed E-state index contributed by atoms with van der Waals surface area (Å²) in [6.07, 6.45) is 0.464. The molecule has 1 atom stereocenters. The van der Waals surface area contributed by atoms with E-state index >= 15 is 0 Å². The van der Waals surface area contributed by atoms with Gasteiger partial charge in [-0.2, -0.15) is 0 Å². The minimum atomic E-state index is -3.00. The third-order valence-corrected chi connectivity index (χ3v) is 5.07. The molecule has 1 aliphatic heterocycles. The Kier molecular flexibility index (Phi) is 2.75. The minimum absolute atomic E-state index is 0.00980. The molecular formula is C9H12N2O3S2. The van der Waals surface area contributed by atoms with Crippen molar-refractivity contribution in [3.63, 3.8) is 0 Å². The highest BCUT2D eigenvalue weighted by Gasteiger charge is 2.39. The molecule has 88 valence electrons. The van der Waals surface area contributed by atoms with Gasteiger partial charge in [-0.15, -0.1) is 11.3 Å². The number of nitrogens with one attached hydrogen (secondary N) is 1. The first-order valence-electron chi connectivity index (χ1n) is 4.81. The molecule has 0 radical (unpaired) electrons. The Morgan fingerprint density at radius 3 is 2.88 bits per heavy atom. The van der Waals surface area contributed by atoms with Gasteiger partial charge in [-0.3, -0.25) is 4.79 Å². The lowest BCUT2D eigenvalue weighted by molar-refractivity contribution is 0.0911. The largest absolute Gasteiger partial charge is 0.344 e. The topological polar surface area (TPSA) is 76.1 Å². The van der Waals surface area contributed by atoms with Gasteiger partial charge in [0.25, 0.3) is 5.91 Å². The van der Waals surface area contributed by atoms with Crippen molar-refractivity contribution in [2.24, 2.45) is 0 Å². The smallest absolute Gasteiger partial charge is 0.271 e. The zero-order valence-corrected chi connectivity index (χ0v) is 10.4. The summed E-state index contributed by atoms with van der Waals surface area (Å²) in [5.74, 6) is -0.155. The summed E-state index contributed by atoms with van der Waals surface area (Å²) < 4.78 is 22.7. The zero-order valence-electron chi connectivity index (χ0n) is 8.76. The van der Waals surface area contributed by atoms with E-state index in [2.05, 4.69) is 10.3 Å². The summed E-state index contributed by atoms with van der Waals surface area (Å²) in [5, 5.41) is 4.38. The van der Waals surface area contributed by atoms with Gasteiger partial charge in [0, 0.05) is 5.38 Å². The lowest BCUT2D eigenvalue weighted by atomic mass is 10.0. The molecule has 1 N–H and O–H groups in total. The predicted octanol–water partition coefficient (Wildman–Crippen LogP) is 0.450. The summed E-state index contributed by atoms with van der Waals surface area (Å²) in [6, 6.07) is 0. The Balaban J connectivity index is 2.09. The van der Waals surface area contributed by atoms with Gasteiger partial charge >= 0.3 is 0 Å². The molecule has 0 saturated carbocycles. The fraction of sp³-hybridized carbons (Fsp3) is 0.556. The average molecular weight is 260 g/mol. The SMILES string of the molecule is C[C@@]1(NC(=O)c2cscn2)CCS(=O)(=O)C1. The van der Waals surface area contributed by atoms with Crippen molar-refractivity contribution in [2.75, 3.05) is 11.5 Å². The van der Waals surface area contributed by atoms with Crippen molar-refractivity contribution < 1.29 is 13.2 Å². The van der Waals surface area contributed by atoms with Gasteiger partial charge in [0.1, 0.15) is 5.69 Å². The van der Waals surface area contributed by atoms with Crippen LogP contribution >= 0.6 is 11.3 Å². The maximum atomic E-state index is 11.7. The highest BCUT2D eigenvalue weighted by Crippen LogP contribution is 2.23. The van der Waals surface area contributed by atoms with E-state index in [1.165, 1.54) is 11.3 Å². The Bertz CT molecular complexity index is 495. The third kappa shape index (κ3) is 2.41. The molecule has 16 heavy (non-hydrogen) atoms. The van der Waals surface area contributed by atoms with Crippen LogP contribution < -0.4 is 5.32 Å². The van der Waals surface area contributed by atoms with E-state index < -0.39 is 15.4 Å². The molecule has 1 fully saturated rings. The average Bonchev–Trinajstić information content (AvgIpc) is 2.73. The van der Waals surface area contributed by atoms with Gasteiger partial charge in [0.15, 0.2) is 9.84 Å². The molecule has 1 amide bonds. The number of aromatic nitrogens is 1. The Hall–Kier alpha value is -0.950. The summed E-state index contributed by atoms with van der Waals surface area (Å²) in [4.78, 5) is 15.6. The molecule has 1 aliphatic rings. The van der Waals surface area contributed by atoms with Crippen LogP contribution in [0.2, 0.25) is 0 Å². The van der Waals surface area contributed by atoms with E-state index in [0.717, 1.165) is 0 Å². The quantitative estimate of drug-likeness (QED) is 0.837. The van der Waals surface area contributed by atoms with Gasteiger partial charge in [-0.25, -0.2) is 13.4 Å². The van der Waals surface area contributed by atoms with Crippen LogP contribution in [0.4, 0.5) is 0 Å². The van der Waals surface area contributed by atoms with Crippen molar-refractivity contribution >= 4 is 27.1 Å². The highest BCUT2D eigenvalue weighted by atomic mass is 32.2. The number of carbonyl (C=O) groups is 1. The zero-order chi connectivity index (χ0) is 11.8. The molecule has 1 aromatic heterocycles. The van der Waals surface area contributed by atoms with E-state index in [1.807, 2.05) is 0 Å². The minimum Gasteiger partial charge on any atom is -0.344 e. The van der Waals surface area contributed by atoms with E-state index in [1.54, 1.807) is 17.8 Å². The van der Waals surface area contributed by atoms with Crippen molar-refractivity contribution in [1.29, 1.82) is 0 Å². The predicted molar refractivity (Wildman–Crippen MR) is 61.3 cm³/mol. The molecule has 1 aromatic rings. The molecule has 2 rings (SSSR count). The Morgan fingerprint density at radius 1 is 1.62 bits per heavy atom. The maximum Gasteiger partial charge on any atom is 0.271 e. The number of amides is 1. The standard InChI is InChI=1S/C9H12N2O3S2/c1-9(2-3-16(13,14)5-9)11-8(12)7-4-15-6-10-7/h4,6H,2-3,5H2,1H3,(H,11,12)/t9-/m1/s1. The van der Waals surface area contributed by atoms with Crippen molar-refractivity contribution in [2.45, 2.75) is 18.9 Å². The highest BCUT2D eigenvalue weighted by molar-refractivity contribution is 7.91. The lowest BCUT2D eigenvalue weighted by Crippen LogP contribution is -2.47. The van der Waals surface area contributed by atoms with Gasteiger partial charge < -0.3 is 5.32 Å². The van der Waals surface area contributed by atoms with E-state index in [9.17, 15) is 13.2 Å². The number of carbonyl (C=O) groups excluding carboxylic acids is 1.